The fourth-order valence-corrected chi connectivity index (χ4v) is 4.02. The number of ether oxygens (including phenoxy) is 3. The predicted octanol–water partition coefficient (Wildman–Crippen LogP) is 3.92. The van der Waals surface area contributed by atoms with Gasteiger partial charge in [0.25, 0.3) is 0 Å². The van der Waals surface area contributed by atoms with Gasteiger partial charge in [-0.1, -0.05) is 23.7 Å². The van der Waals surface area contributed by atoms with Gasteiger partial charge in [0.15, 0.2) is 6.79 Å². The number of hydrogen-bond donors (Lipinski definition) is 0. The van der Waals surface area contributed by atoms with Crippen LogP contribution in [-0.2, 0) is 32.3 Å². The molecule has 1 fully saturated rings. The van der Waals surface area contributed by atoms with Crippen LogP contribution >= 0.6 is 11.6 Å². The number of fused-ring (bicyclic) bond motifs is 1. The van der Waals surface area contributed by atoms with Crippen molar-refractivity contribution in [2.45, 2.75) is 33.5 Å². The molecule has 0 unspecified atom stereocenters. The number of halogens is 1. The molecular weight excluding hydrogens is 394 g/mol. The second-order valence-electron chi connectivity index (χ2n) is 7.40. The summed E-state index contributed by atoms with van der Waals surface area (Å²) in [6.45, 7) is 4.89. The fraction of sp³-hybridized carbons (Fsp3) is 0.364. The Morgan fingerprint density at radius 3 is 2.97 bits per heavy atom. The first-order valence-electron chi connectivity index (χ1n) is 9.49. The molecule has 0 radical (unpaired) electrons. The summed E-state index contributed by atoms with van der Waals surface area (Å²) in [5.74, 6) is -0.317. The number of anilines is 1. The molecule has 0 bridgehead atoms. The van der Waals surface area contributed by atoms with Crippen LogP contribution < -0.4 is 9.64 Å². The number of carbonyl (C=O) groups is 2. The maximum absolute atomic E-state index is 12.6. The molecule has 0 saturated carbocycles. The molecule has 2 aliphatic rings. The molecule has 0 N–H and O–H groups in total. The van der Waals surface area contributed by atoms with E-state index in [9.17, 15) is 9.59 Å². The number of rotatable bonds is 4. The lowest BCUT2D eigenvalue weighted by molar-refractivity contribution is -0.149. The van der Waals surface area contributed by atoms with E-state index in [0.717, 1.165) is 22.4 Å². The molecule has 2 heterocycles. The average molecular weight is 416 g/mol. The van der Waals surface area contributed by atoms with Gasteiger partial charge in [-0.25, -0.2) is 0 Å². The number of amides is 1. The van der Waals surface area contributed by atoms with E-state index in [1.807, 2.05) is 32.0 Å². The third-order valence-electron chi connectivity index (χ3n) is 5.45. The minimum absolute atomic E-state index is 0.0376. The fourth-order valence-electron chi connectivity index (χ4n) is 3.76. The van der Waals surface area contributed by atoms with Crippen LogP contribution in [0.4, 0.5) is 5.69 Å². The number of esters is 1. The number of nitrogens with zero attached hydrogens (tertiary/aromatic N) is 1. The lowest BCUT2D eigenvalue weighted by atomic mass is 10.1. The molecule has 7 heteroatoms. The van der Waals surface area contributed by atoms with Crippen molar-refractivity contribution in [1.29, 1.82) is 0 Å². The average Bonchev–Trinajstić information content (AvgIpc) is 3.09. The van der Waals surface area contributed by atoms with Gasteiger partial charge in [-0.05, 0) is 43.2 Å². The number of hydrogen-bond acceptors (Lipinski definition) is 5. The van der Waals surface area contributed by atoms with E-state index in [1.54, 1.807) is 17.0 Å². The molecular formula is C22H22ClNO5. The van der Waals surface area contributed by atoms with Crippen LogP contribution in [0.15, 0.2) is 30.3 Å². The van der Waals surface area contributed by atoms with Crippen molar-refractivity contribution in [3.63, 3.8) is 0 Å². The van der Waals surface area contributed by atoms with Crippen LogP contribution in [-0.4, -0.2) is 25.2 Å². The molecule has 0 aliphatic carbocycles. The van der Waals surface area contributed by atoms with Crippen molar-refractivity contribution in [3.8, 4) is 5.75 Å². The number of carbonyl (C=O) groups excluding carboxylic acids is 2. The first kappa shape index (κ1) is 19.7. The van der Waals surface area contributed by atoms with Crippen LogP contribution in [0, 0.1) is 19.8 Å². The minimum atomic E-state index is -0.498. The SMILES string of the molecule is Cc1cccc(N2C[C@H](C(=O)OCc3cc(Cl)cc4c3OCOC4)CC2=O)c1C. The third kappa shape index (κ3) is 3.95. The Hall–Kier alpha value is -2.57. The predicted molar refractivity (Wildman–Crippen MR) is 108 cm³/mol. The second-order valence-corrected chi connectivity index (χ2v) is 7.83. The molecule has 1 atom stereocenters. The molecule has 2 aromatic carbocycles. The largest absolute Gasteiger partial charge is 0.467 e. The van der Waals surface area contributed by atoms with Crippen LogP contribution in [0.3, 0.4) is 0 Å². The molecule has 4 rings (SSSR count). The number of aryl methyl sites for hydroxylation is 1. The normalized spacial score (nSPS) is 18.4. The molecule has 29 heavy (non-hydrogen) atoms. The van der Waals surface area contributed by atoms with Gasteiger partial charge in [0, 0.05) is 34.8 Å². The zero-order chi connectivity index (χ0) is 20.5. The van der Waals surface area contributed by atoms with Crippen molar-refractivity contribution in [2.75, 3.05) is 18.2 Å². The van der Waals surface area contributed by atoms with Crippen LogP contribution in [0.1, 0.15) is 28.7 Å². The Kier molecular flexibility index (Phi) is 5.48. The summed E-state index contributed by atoms with van der Waals surface area (Å²) in [5, 5.41) is 0.529. The summed E-state index contributed by atoms with van der Waals surface area (Å²) < 4.78 is 16.3. The monoisotopic (exact) mass is 415 g/mol. The Morgan fingerprint density at radius 2 is 2.14 bits per heavy atom. The summed E-state index contributed by atoms with van der Waals surface area (Å²) in [7, 11) is 0. The van der Waals surface area contributed by atoms with Gasteiger partial charge in [-0.2, -0.15) is 0 Å². The van der Waals surface area contributed by atoms with E-state index in [4.69, 9.17) is 25.8 Å². The molecule has 0 aromatic heterocycles. The Balaban J connectivity index is 1.44. The van der Waals surface area contributed by atoms with Crippen molar-refractivity contribution < 1.29 is 23.8 Å². The second kappa shape index (κ2) is 8.05. The van der Waals surface area contributed by atoms with E-state index >= 15 is 0 Å². The molecule has 2 aliphatic heterocycles. The van der Waals surface area contributed by atoms with Crippen molar-refractivity contribution in [2.24, 2.45) is 5.92 Å². The van der Waals surface area contributed by atoms with E-state index in [-0.39, 0.29) is 25.7 Å². The van der Waals surface area contributed by atoms with Gasteiger partial charge < -0.3 is 19.1 Å². The summed E-state index contributed by atoms with van der Waals surface area (Å²) in [6.07, 6.45) is 0.143. The van der Waals surface area contributed by atoms with Crippen molar-refractivity contribution in [3.05, 3.63) is 57.6 Å². The zero-order valence-electron chi connectivity index (χ0n) is 16.4. The highest BCUT2D eigenvalue weighted by atomic mass is 35.5. The molecule has 1 saturated heterocycles. The maximum Gasteiger partial charge on any atom is 0.311 e. The summed E-state index contributed by atoms with van der Waals surface area (Å²) >= 11 is 6.15. The van der Waals surface area contributed by atoms with Gasteiger partial charge in [0.05, 0.1) is 12.5 Å². The molecule has 2 aromatic rings. The standard InChI is InChI=1S/C22H22ClNO5/c1-13-4-3-5-19(14(13)2)24-9-15(8-20(24)25)22(26)28-11-17-7-18(23)6-16-10-27-12-29-21(16)17/h3-7,15H,8-12H2,1-2H3/t15-/m1/s1. The summed E-state index contributed by atoms with van der Waals surface area (Å²) in [6, 6.07) is 9.33. The maximum atomic E-state index is 12.6. The smallest absolute Gasteiger partial charge is 0.311 e. The van der Waals surface area contributed by atoms with Crippen LogP contribution in [0.2, 0.25) is 5.02 Å². The van der Waals surface area contributed by atoms with Crippen LogP contribution in [0.25, 0.3) is 0 Å². The summed E-state index contributed by atoms with van der Waals surface area (Å²) in [5.41, 5.74) is 4.52. The molecule has 1 amide bonds. The molecule has 0 spiro atoms. The summed E-state index contributed by atoms with van der Waals surface area (Å²) in [4.78, 5) is 26.9. The van der Waals surface area contributed by atoms with E-state index in [1.165, 1.54) is 0 Å². The molecule has 6 nitrogen and oxygen atoms in total. The third-order valence-corrected chi connectivity index (χ3v) is 5.67. The van der Waals surface area contributed by atoms with E-state index in [0.29, 0.717) is 29.5 Å². The van der Waals surface area contributed by atoms with Gasteiger partial charge in [-0.15, -0.1) is 0 Å². The molecule has 152 valence electrons. The highest BCUT2D eigenvalue weighted by Crippen LogP contribution is 2.33. The van der Waals surface area contributed by atoms with Gasteiger partial charge in [-0.3, -0.25) is 9.59 Å². The highest BCUT2D eigenvalue weighted by molar-refractivity contribution is 6.30. The minimum Gasteiger partial charge on any atom is -0.467 e. The van der Waals surface area contributed by atoms with Gasteiger partial charge in [0.1, 0.15) is 12.4 Å². The van der Waals surface area contributed by atoms with Gasteiger partial charge >= 0.3 is 5.97 Å². The van der Waals surface area contributed by atoms with E-state index < -0.39 is 11.9 Å². The Morgan fingerprint density at radius 1 is 1.31 bits per heavy atom. The van der Waals surface area contributed by atoms with Crippen LogP contribution in [0.5, 0.6) is 5.75 Å². The lowest BCUT2D eigenvalue weighted by Crippen LogP contribution is -2.27. The Bertz CT molecular complexity index is 974. The van der Waals surface area contributed by atoms with Crippen molar-refractivity contribution >= 4 is 29.2 Å². The quantitative estimate of drug-likeness (QED) is 0.708. The van der Waals surface area contributed by atoms with Gasteiger partial charge in [0.2, 0.25) is 5.91 Å². The van der Waals surface area contributed by atoms with Crippen molar-refractivity contribution in [1.82, 2.24) is 0 Å². The first-order chi connectivity index (χ1) is 13.9. The first-order valence-corrected chi connectivity index (χ1v) is 9.87. The highest BCUT2D eigenvalue weighted by Gasteiger charge is 2.37. The topological polar surface area (TPSA) is 65.1 Å². The Labute approximate surface area is 174 Å². The van der Waals surface area contributed by atoms with E-state index in [2.05, 4.69) is 0 Å². The lowest BCUT2D eigenvalue weighted by Gasteiger charge is -2.21. The number of benzene rings is 2. The zero-order valence-corrected chi connectivity index (χ0v) is 17.1.